The summed E-state index contributed by atoms with van der Waals surface area (Å²) in [6, 6.07) is 30.1. The smallest absolute Gasteiger partial charge is 0.0998 e. The van der Waals surface area contributed by atoms with E-state index in [1.54, 1.807) is 12.1 Å². The van der Waals surface area contributed by atoms with Gasteiger partial charge in [-0.25, -0.2) is 0 Å². The predicted molar refractivity (Wildman–Crippen MR) is 112 cm³/mol. The molecule has 0 bridgehead atoms. The summed E-state index contributed by atoms with van der Waals surface area (Å²) in [7, 11) is 0. The van der Waals surface area contributed by atoms with E-state index in [-0.39, 0.29) is 0 Å². The lowest BCUT2D eigenvalue weighted by molar-refractivity contribution is 0.836. The minimum absolute atomic E-state index is 0.576. The molecule has 1 aromatic heterocycles. The van der Waals surface area contributed by atoms with Crippen LogP contribution in [0, 0.1) is 22.7 Å². The van der Waals surface area contributed by atoms with Gasteiger partial charge in [0, 0.05) is 29.2 Å². The standard InChI is InChI=1S/C25H17N3/c26-15-19-10-12-21(13-11-19)22(16-27)14-23-18-28(17-20-6-2-1-3-7-20)25-9-5-4-8-24(23)25/h1-14,18H,17H2/b22-14+. The molecule has 4 aromatic rings. The normalized spacial score (nSPS) is 11.1. The van der Waals surface area contributed by atoms with Crippen LogP contribution in [-0.4, -0.2) is 4.57 Å². The number of aromatic nitrogens is 1. The highest BCUT2D eigenvalue weighted by Gasteiger charge is 2.09. The third-order valence-electron chi connectivity index (χ3n) is 4.76. The lowest BCUT2D eigenvalue weighted by Gasteiger charge is -2.05. The van der Waals surface area contributed by atoms with Crippen molar-refractivity contribution in [2.24, 2.45) is 0 Å². The molecule has 0 unspecified atom stereocenters. The van der Waals surface area contributed by atoms with Gasteiger partial charge in [0.2, 0.25) is 0 Å². The third-order valence-corrected chi connectivity index (χ3v) is 4.76. The molecular formula is C25H17N3. The molecule has 4 rings (SSSR count). The van der Waals surface area contributed by atoms with Crippen LogP contribution in [0.3, 0.4) is 0 Å². The summed E-state index contributed by atoms with van der Waals surface area (Å²) < 4.78 is 2.21. The van der Waals surface area contributed by atoms with Crippen LogP contribution in [0.15, 0.2) is 85.1 Å². The number of nitriles is 2. The average Bonchev–Trinajstić information content (AvgIpc) is 3.10. The predicted octanol–water partition coefficient (Wildman–Crippen LogP) is 5.63. The monoisotopic (exact) mass is 359 g/mol. The molecule has 0 amide bonds. The van der Waals surface area contributed by atoms with E-state index in [1.807, 2.05) is 48.5 Å². The van der Waals surface area contributed by atoms with Crippen molar-refractivity contribution in [3.63, 3.8) is 0 Å². The van der Waals surface area contributed by atoms with Gasteiger partial charge in [-0.05, 0) is 35.4 Å². The van der Waals surface area contributed by atoms with E-state index in [9.17, 15) is 5.26 Å². The maximum absolute atomic E-state index is 9.69. The van der Waals surface area contributed by atoms with Crippen LogP contribution in [0.2, 0.25) is 0 Å². The van der Waals surface area contributed by atoms with Gasteiger partial charge in [-0.15, -0.1) is 0 Å². The topological polar surface area (TPSA) is 52.5 Å². The van der Waals surface area contributed by atoms with Crippen molar-refractivity contribution in [3.05, 3.63) is 107 Å². The van der Waals surface area contributed by atoms with Gasteiger partial charge < -0.3 is 4.57 Å². The Morgan fingerprint density at radius 3 is 2.29 bits per heavy atom. The molecule has 0 saturated heterocycles. The number of benzene rings is 3. The fourth-order valence-electron chi connectivity index (χ4n) is 3.36. The van der Waals surface area contributed by atoms with Crippen molar-refractivity contribution in [2.45, 2.75) is 6.54 Å². The summed E-state index contributed by atoms with van der Waals surface area (Å²) in [5.41, 5.74) is 5.34. The quantitative estimate of drug-likeness (QED) is 0.444. The van der Waals surface area contributed by atoms with Crippen molar-refractivity contribution < 1.29 is 0 Å². The highest BCUT2D eigenvalue weighted by molar-refractivity contribution is 5.98. The summed E-state index contributed by atoms with van der Waals surface area (Å²) in [5.74, 6) is 0. The molecule has 0 radical (unpaired) electrons. The first-order valence-corrected chi connectivity index (χ1v) is 9.02. The molecular weight excluding hydrogens is 342 g/mol. The summed E-state index contributed by atoms with van der Waals surface area (Å²) >= 11 is 0. The minimum Gasteiger partial charge on any atom is -0.342 e. The van der Waals surface area contributed by atoms with Crippen molar-refractivity contribution in [1.29, 1.82) is 10.5 Å². The number of hydrogen-bond donors (Lipinski definition) is 0. The number of rotatable bonds is 4. The second-order valence-corrected chi connectivity index (χ2v) is 6.57. The zero-order chi connectivity index (χ0) is 19.3. The molecule has 0 saturated carbocycles. The SMILES string of the molecule is N#C/C(=C\c1cn(Cc2ccccc2)c2ccccc12)c1ccc(C#N)cc1. The van der Waals surface area contributed by atoms with Crippen LogP contribution < -0.4 is 0 Å². The Hall–Kier alpha value is -4.08. The Kier molecular flexibility index (Phi) is 4.74. The third kappa shape index (κ3) is 3.43. The number of para-hydroxylation sites is 1. The van der Waals surface area contributed by atoms with E-state index in [0.29, 0.717) is 11.1 Å². The molecule has 0 aliphatic rings. The van der Waals surface area contributed by atoms with Gasteiger partial charge >= 0.3 is 0 Å². The molecule has 1 heterocycles. The highest BCUT2D eigenvalue weighted by Crippen LogP contribution is 2.27. The van der Waals surface area contributed by atoms with Crippen LogP contribution in [0.1, 0.15) is 22.3 Å². The molecule has 0 fully saturated rings. The van der Waals surface area contributed by atoms with Crippen LogP contribution >= 0.6 is 0 Å². The van der Waals surface area contributed by atoms with Crippen LogP contribution in [0.4, 0.5) is 0 Å². The summed E-state index contributed by atoms with van der Waals surface area (Å²) in [5, 5.41) is 19.8. The maximum atomic E-state index is 9.69. The number of nitrogens with zero attached hydrogens (tertiary/aromatic N) is 3. The Morgan fingerprint density at radius 2 is 1.57 bits per heavy atom. The maximum Gasteiger partial charge on any atom is 0.0998 e. The van der Waals surface area contributed by atoms with E-state index in [0.717, 1.165) is 28.6 Å². The first-order chi connectivity index (χ1) is 13.8. The van der Waals surface area contributed by atoms with E-state index in [1.165, 1.54) is 5.56 Å². The van der Waals surface area contributed by atoms with Crippen LogP contribution in [0.5, 0.6) is 0 Å². The zero-order valence-electron chi connectivity index (χ0n) is 15.2. The Labute approximate surface area is 164 Å². The molecule has 3 aromatic carbocycles. The van der Waals surface area contributed by atoms with Gasteiger partial charge in [0.1, 0.15) is 0 Å². The van der Waals surface area contributed by atoms with Crippen molar-refractivity contribution in [2.75, 3.05) is 0 Å². The molecule has 0 spiro atoms. The highest BCUT2D eigenvalue weighted by atomic mass is 15.0. The van der Waals surface area contributed by atoms with E-state index < -0.39 is 0 Å². The van der Waals surface area contributed by atoms with Crippen LogP contribution in [0.25, 0.3) is 22.6 Å². The molecule has 3 heteroatoms. The summed E-state index contributed by atoms with van der Waals surface area (Å²) in [6.07, 6.45) is 4.02. The van der Waals surface area contributed by atoms with E-state index >= 15 is 0 Å². The average molecular weight is 359 g/mol. The second kappa shape index (κ2) is 7.66. The Morgan fingerprint density at radius 1 is 0.857 bits per heavy atom. The van der Waals surface area contributed by atoms with Gasteiger partial charge in [-0.1, -0.05) is 60.7 Å². The summed E-state index contributed by atoms with van der Waals surface area (Å²) in [6.45, 7) is 0.772. The molecule has 0 aliphatic carbocycles. The second-order valence-electron chi connectivity index (χ2n) is 6.57. The van der Waals surface area contributed by atoms with Gasteiger partial charge in [0.15, 0.2) is 0 Å². The van der Waals surface area contributed by atoms with Gasteiger partial charge in [0.25, 0.3) is 0 Å². The van der Waals surface area contributed by atoms with Gasteiger partial charge in [-0.3, -0.25) is 0 Å². The Balaban J connectivity index is 1.78. The molecule has 3 nitrogen and oxygen atoms in total. The lowest BCUT2D eigenvalue weighted by atomic mass is 10.0. The fourth-order valence-corrected chi connectivity index (χ4v) is 3.36. The molecule has 132 valence electrons. The summed E-state index contributed by atoms with van der Waals surface area (Å²) in [4.78, 5) is 0. The molecule has 0 aliphatic heterocycles. The zero-order valence-corrected chi connectivity index (χ0v) is 15.2. The lowest BCUT2D eigenvalue weighted by Crippen LogP contribution is -1.97. The number of hydrogen-bond acceptors (Lipinski definition) is 2. The van der Waals surface area contributed by atoms with Crippen molar-refractivity contribution in [3.8, 4) is 12.1 Å². The molecule has 28 heavy (non-hydrogen) atoms. The first kappa shape index (κ1) is 17.3. The van der Waals surface area contributed by atoms with E-state index in [2.05, 4.69) is 47.2 Å². The molecule has 0 atom stereocenters. The first-order valence-electron chi connectivity index (χ1n) is 9.02. The van der Waals surface area contributed by atoms with Crippen molar-refractivity contribution >= 4 is 22.6 Å². The Bertz CT molecular complexity index is 1230. The largest absolute Gasteiger partial charge is 0.342 e. The van der Waals surface area contributed by atoms with Crippen LogP contribution in [-0.2, 0) is 6.54 Å². The van der Waals surface area contributed by atoms with E-state index in [4.69, 9.17) is 5.26 Å². The number of allylic oxidation sites excluding steroid dienone is 1. The molecule has 0 N–H and O–H groups in total. The van der Waals surface area contributed by atoms with Gasteiger partial charge in [-0.2, -0.15) is 10.5 Å². The van der Waals surface area contributed by atoms with Gasteiger partial charge in [0.05, 0.1) is 23.3 Å². The fraction of sp³-hybridized carbons (Fsp3) is 0.0400. The minimum atomic E-state index is 0.576. The van der Waals surface area contributed by atoms with Crippen molar-refractivity contribution in [1.82, 2.24) is 4.57 Å². The number of fused-ring (bicyclic) bond motifs is 1.